The lowest BCUT2D eigenvalue weighted by molar-refractivity contribution is 0.418. The Morgan fingerprint density at radius 1 is 1.26 bits per heavy atom. The van der Waals surface area contributed by atoms with E-state index < -0.39 is 0 Å². The minimum absolute atomic E-state index is 0.0717. The van der Waals surface area contributed by atoms with Gasteiger partial charge in [0.1, 0.15) is 0 Å². The van der Waals surface area contributed by atoms with Gasteiger partial charge >= 0.3 is 0 Å². The van der Waals surface area contributed by atoms with E-state index in [9.17, 15) is 0 Å². The molecule has 1 aromatic carbocycles. The molecule has 5 heteroatoms. The van der Waals surface area contributed by atoms with E-state index in [2.05, 4.69) is 71.4 Å². The monoisotopic (exact) mass is 322 g/mol. The first-order chi connectivity index (χ1) is 8.85. The molecule has 0 atom stereocenters. The van der Waals surface area contributed by atoms with E-state index >= 15 is 0 Å². The molecule has 1 N–H and O–H groups in total. The molecule has 0 spiro atoms. The summed E-state index contributed by atoms with van der Waals surface area (Å²) in [6.45, 7) is 9.24. The largest absolute Gasteiger partial charge is 0.306 e. The molecule has 0 saturated carbocycles. The lowest BCUT2D eigenvalue weighted by Gasteiger charge is -2.20. The van der Waals surface area contributed by atoms with Crippen molar-refractivity contribution in [3.05, 3.63) is 40.1 Å². The molecule has 0 aliphatic rings. The number of nitrogens with zero attached hydrogens (tertiary/aromatic N) is 3. The van der Waals surface area contributed by atoms with Crippen molar-refractivity contribution in [1.82, 2.24) is 20.3 Å². The first-order valence-corrected chi connectivity index (χ1v) is 7.07. The third-order valence-electron chi connectivity index (χ3n) is 2.69. The van der Waals surface area contributed by atoms with E-state index in [1.807, 2.05) is 10.7 Å². The summed E-state index contributed by atoms with van der Waals surface area (Å²) in [5.74, 6) is 0. The van der Waals surface area contributed by atoms with Crippen LogP contribution in [0, 0.1) is 6.92 Å². The summed E-state index contributed by atoms with van der Waals surface area (Å²) < 4.78 is 2.92. The SMILES string of the molecule is Cc1cc(Br)cc(-n2nncc2CNC(C)(C)C)c1. The molecule has 0 amide bonds. The summed E-state index contributed by atoms with van der Waals surface area (Å²) >= 11 is 3.52. The van der Waals surface area contributed by atoms with E-state index in [0.717, 1.165) is 22.4 Å². The molecule has 19 heavy (non-hydrogen) atoms. The van der Waals surface area contributed by atoms with Gasteiger partial charge in [-0.2, -0.15) is 0 Å². The minimum Gasteiger partial charge on any atom is -0.306 e. The highest BCUT2D eigenvalue weighted by atomic mass is 79.9. The molecule has 2 aromatic rings. The second-order valence-electron chi connectivity index (χ2n) is 5.73. The maximum absolute atomic E-state index is 4.18. The first kappa shape index (κ1) is 14.2. The summed E-state index contributed by atoms with van der Waals surface area (Å²) in [5.41, 5.74) is 3.33. The summed E-state index contributed by atoms with van der Waals surface area (Å²) in [6.07, 6.45) is 1.80. The molecule has 0 aliphatic carbocycles. The van der Waals surface area contributed by atoms with Crippen molar-refractivity contribution in [3.8, 4) is 5.69 Å². The van der Waals surface area contributed by atoms with Gasteiger partial charge in [0, 0.05) is 16.6 Å². The van der Waals surface area contributed by atoms with Gasteiger partial charge in [0.25, 0.3) is 0 Å². The summed E-state index contributed by atoms with van der Waals surface area (Å²) in [6, 6.07) is 6.22. The maximum atomic E-state index is 4.18. The average Bonchev–Trinajstić information content (AvgIpc) is 2.72. The van der Waals surface area contributed by atoms with Gasteiger partial charge in [-0.15, -0.1) is 5.10 Å². The minimum atomic E-state index is 0.0717. The van der Waals surface area contributed by atoms with Gasteiger partial charge in [0.15, 0.2) is 0 Å². The number of aromatic nitrogens is 3. The Kier molecular flexibility index (Phi) is 4.06. The molecule has 1 heterocycles. The normalized spacial score (nSPS) is 11.8. The smallest absolute Gasteiger partial charge is 0.0783 e. The van der Waals surface area contributed by atoms with E-state index in [1.54, 1.807) is 6.20 Å². The van der Waals surface area contributed by atoms with Crippen LogP contribution in [0.25, 0.3) is 5.69 Å². The Balaban J connectivity index is 2.28. The maximum Gasteiger partial charge on any atom is 0.0783 e. The summed E-state index contributed by atoms with van der Waals surface area (Å²) in [7, 11) is 0. The van der Waals surface area contributed by atoms with Crippen molar-refractivity contribution < 1.29 is 0 Å². The highest BCUT2D eigenvalue weighted by Gasteiger charge is 2.12. The standard InChI is InChI=1S/C14H19BrN4/c1-10-5-11(15)7-12(6-10)19-13(9-17-18-19)8-16-14(2,3)4/h5-7,9,16H,8H2,1-4H3. The topological polar surface area (TPSA) is 42.7 Å². The predicted molar refractivity (Wildman–Crippen MR) is 80.4 cm³/mol. The van der Waals surface area contributed by atoms with E-state index in [1.165, 1.54) is 5.56 Å². The van der Waals surface area contributed by atoms with Crippen LogP contribution in [0.5, 0.6) is 0 Å². The average molecular weight is 323 g/mol. The lowest BCUT2D eigenvalue weighted by Crippen LogP contribution is -2.35. The van der Waals surface area contributed by atoms with Crippen LogP contribution < -0.4 is 5.32 Å². The van der Waals surface area contributed by atoms with Crippen LogP contribution in [0.4, 0.5) is 0 Å². The van der Waals surface area contributed by atoms with Crippen LogP contribution in [0.3, 0.4) is 0 Å². The van der Waals surface area contributed by atoms with Gasteiger partial charge in [-0.3, -0.25) is 0 Å². The number of aryl methyl sites for hydroxylation is 1. The molecular weight excluding hydrogens is 304 g/mol. The van der Waals surface area contributed by atoms with Crippen LogP contribution in [0.2, 0.25) is 0 Å². The summed E-state index contributed by atoms with van der Waals surface area (Å²) in [5, 5.41) is 11.6. The van der Waals surface area contributed by atoms with Gasteiger partial charge in [0.05, 0.1) is 17.6 Å². The van der Waals surface area contributed by atoms with Crippen molar-refractivity contribution in [1.29, 1.82) is 0 Å². The first-order valence-electron chi connectivity index (χ1n) is 6.27. The molecule has 102 valence electrons. The number of hydrogen-bond acceptors (Lipinski definition) is 3. The van der Waals surface area contributed by atoms with Gasteiger partial charge in [0.2, 0.25) is 0 Å². The summed E-state index contributed by atoms with van der Waals surface area (Å²) in [4.78, 5) is 0. The van der Waals surface area contributed by atoms with Crippen LogP contribution >= 0.6 is 15.9 Å². The van der Waals surface area contributed by atoms with Gasteiger partial charge in [-0.25, -0.2) is 4.68 Å². The van der Waals surface area contributed by atoms with Gasteiger partial charge in [-0.1, -0.05) is 21.1 Å². The molecule has 0 unspecified atom stereocenters. The zero-order valence-corrected chi connectivity index (χ0v) is 13.3. The van der Waals surface area contributed by atoms with Crippen molar-refractivity contribution in [2.24, 2.45) is 0 Å². The number of halogens is 1. The van der Waals surface area contributed by atoms with Crippen LogP contribution in [0.15, 0.2) is 28.9 Å². The Hall–Kier alpha value is -1.20. The molecule has 2 rings (SSSR count). The zero-order chi connectivity index (χ0) is 14.0. The highest BCUT2D eigenvalue weighted by Crippen LogP contribution is 2.19. The second kappa shape index (κ2) is 5.43. The molecule has 1 aromatic heterocycles. The van der Waals surface area contributed by atoms with Crippen molar-refractivity contribution in [2.45, 2.75) is 39.8 Å². The lowest BCUT2D eigenvalue weighted by atomic mass is 10.1. The third-order valence-corrected chi connectivity index (χ3v) is 3.15. The zero-order valence-electron chi connectivity index (χ0n) is 11.7. The fraction of sp³-hybridized carbons (Fsp3) is 0.429. The van der Waals surface area contributed by atoms with Crippen LogP contribution in [-0.4, -0.2) is 20.5 Å². The van der Waals surface area contributed by atoms with Gasteiger partial charge < -0.3 is 5.32 Å². The molecule has 0 radical (unpaired) electrons. The molecule has 0 saturated heterocycles. The molecule has 4 nitrogen and oxygen atoms in total. The fourth-order valence-electron chi connectivity index (χ4n) is 1.79. The quantitative estimate of drug-likeness (QED) is 0.943. The van der Waals surface area contributed by atoms with E-state index in [0.29, 0.717) is 0 Å². The number of rotatable bonds is 3. The van der Waals surface area contributed by atoms with Crippen molar-refractivity contribution in [2.75, 3.05) is 0 Å². The van der Waals surface area contributed by atoms with Crippen molar-refractivity contribution >= 4 is 15.9 Å². The van der Waals surface area contributed by atoms with Crippen molar-refractivity contribution in [3.63, 3.8) is 0 Å². The Morgan fingerprint density at radius 3 is 2.63 bits per heavy atom. The molecule has 0 bridgehead atoms. The molecule has 0 fully saturated rings. The second-order valence-corrected chi connectivity index (χ2v) is 6.64. The van der Waals surface area contributed by atoms with E-state index in [-0.39, 0.29) is 5.54 Å². The molecular formula is C14H19BrN4. The van der Waals surface area contributed by atoms with Crippen LogP contribution in [0.1, 0.15) is 32.0 Å². The fourth-order valence-corrected chi connectivity index (χ4v) is 2.38. The van der Waals surface area contributed by atoms with E-state index in [4.69, 9.17) is 0 Å². The number of hydrogen-bond donors (Lipinski definition) is 1. The third kappa shape index (κ3) is 3.88. The predicted octanol–water partition coefficient (Wildman–Crippen LogP) is 3.23. The van der Waals surface area contributed by atoms with Gasteiger partial charge in [-0.05, 0) is 51.5 Å². The highest BCUT2D eigenvalue weighted by molar-refractivity contribution is 9.10. The van der Waals surface area contributed by atoms with Crippen LogP contribution in [-0.2, 0) is 6.54 Å². The number of nitrogens with one attached hydrogen (secondary N) is 1. The Labute approximate surface area is 122 Å². The number of benzene rings is 1. The Bertz CT molecular complexity index is 549. The molecule has 0 aliphatic heterocycles. The Morgan fingerprint density at radius 2 is 2.00 bits per heavy atom.